The number of allylic oxidation sites excluding steroid dienone is 1. The number of hydrogen-bond acceptors (Lipinski definition) is 7. The number of hydrazine groups is 1. The van der Waals surface area contributed by atoms with Crippen LogP contribution in [0.4, 0.5) is 8.78 Å². The standard InChI is InChI=1S/C32H44F2N6O4/c1-19(2)28-30(43)36-21(4)31(44)40-17-7-9-25(39-40)29(42)35-20(3)24-13-12-23-11-10-22(18-26(23)37-24)8-5-6-15-32(33,34)16-14-27(41)38-28/h5,8,10-13,18-21,25,27-28,38-39,41H,6-7,9,14-17H2,1-4H3,(H,35,42)(H,36,43)/b8-5+/t20-,21+,25+,27?,28+/m1/s1. The highest BCUT2D eigenvalue weighted by atomic mass is 19.3. The van der Waals surface area contributed by atoms with Crippen molar-refractivity contribution in [2.45, 2.75) is 103 Å². The van der Waals surface area contributed by atoms with Crippen molar-refractivity contribution >= 4 is 34.7 Å². The van der Waals surface area contributed by atoms with E-state index in [0.717, 1.165) is 10.9 Å². The topological polar surface area (TPSA) is 136 Å². The number of benzene rings is 1. The van der Waals surface area contributed by atoms with E-state index in [1.54, 1.807) is 32.9 Å². The summed E-state index contributed by atoms with van der Waals surface area (Å²) in [5.41, 5.74) is 5.19. The summed E-state index contributed by atoms with van der Waals surface area (Å²) < 4.78 is 29.3. The van der Waals surface area contributed by atoms with E-state index in [2.05, 4.69) is 21.4 Å². The molecule has 44 heavy (non-hydrogen) atoms. The number of nitrogens with one attached hydrogen (secondary N) is 4. The zero-order chi connectivity index (χ0) is 32.0. The van der Waals surface area contributed by atoms with E-state index in [9.17, 15) is 28.3 Å². The molecule has 1 aromatic heterocycles. The number of rotatable bonds is 1. The largest absolute Gasteiger partial charge is 0.379 e. The van der Waals surface area contributed by atoms with Gasteiger partial charge in [0.15, 0.2) is 0 Å². The molecule has 0 radical (unpaired) electrons. The van der Waals surface area contributed by atoms with E-state index in [0.29, 0.717) is 30.6 Å². The number of hydrogen-bond donors (Lipinski definition) is 5. The van der Waals surface area contributed by atoms with Gasteiger partial charge in [0.05, 0.1) is 23.3 Å². The lowest BCUT2D eigenvalue weighted by atomic mass is 10.0. The number of nitrogens with zero attached hydrogens (tertiary/aromatic N) is 2. The highest BCUT2D eigenvalue weighted by Gasteiger charge is 2.34. The Labute approximate surface area is 257 Å². The maximum absolute atomic E-state index is 14.7. The Bertz CT molecular complexity index is 1370. The van der Waals surface area contributed by atoms with Crippen molar-refractivity contribution in [2.75, 3.05) is 6.54 Å². The second kappa shape index (κ2) is 14.5. The minimum Gasteiger partial charge on any atom is -0.379 e. The predicted molar refractivity (Wildman–Crippen MR) is 164 cm³/mol. The Morgan fingerprint density at radius 2 is 1.73 bits per heavy atom. The molecule has 4 rings (SSSR count). The van der Waals surface area contributed by atoms with Crippen LogP contribution in [0.15, 0.2) is 36.4 Å². The maximum Gasteiger partial charge on any atom is 0.258 e. The van der Waals surface area contributed by atoms with Gasteiger partial charge >= 0.3 is 0 Å². The van der Waals surface area contributed by atoms with Crippen molar-refractivity contribution in [1.29, 1.82) is 0 Å². The molecule has 2 aromatic rings. The maximum atomic E-state index is 14.7. The first-order valence-electron chi connectivity index (χ1n) is 15.4. The molecule has 1 unspecified atom stereocenters. The van der Waals surface area contributed by atoms with Gasteiger partial charge in [0.1, 0.15) is 18.3 Å². The molecule has 5 atom stereocenters. The molecule has 1 fully saturated rings. The van der Waals surface area contributed by atoms with E-state index < -0.39 is 54.6 Å². The van der Waals surface area contributed by atoms with Gasteiger partial charge in [-0.05, 0) is 63.1 Å². The fraction of sp³-hybridized carbons (Fsp3) is 0.562. The van der Waals surface area contributed by atoms with Gasteiger partial charge in [0.25, 0.3) is 5.91 Å². The molecule has 12 heteroatoms. The number of carbonyl (C=O) groups excluding carboxylic acids is 3. The molecule has 5 N–H and O–H groups in total. The zero-order valence-electron chi connectivity index (χ0n) is 25.8. The average Bonchev–Trinajstić information content (AvgIpc) is 2.99. The molecule has 0 spiro atoms. The Hall–Kier alpha value is -3.48. The molecule has 3 amide bonds. The SMILES string of the molecule is CC(C)[C@@H]1NC(O)CCC(F)(F)CC/C=C/c2ccc3ccc(nc3c2)[C@@H](C)NC(=O)[C@@H]2CCCN(N2)C(=O)[C@H](C)NC1=O. The van der Waals surface area contributed by atoms with Crippen LogP contribution in [0.25, 0.3) is 17.0 Å². The number of amides is 3. The fourth-order valence-corrected chi connectivity index (χ4v) is 5.46. The van der Waals surface area contributed by atoms with E-state index in [1.807, 2.05) is 37.3 Å². The molecule has 5 bridgehead atoms. The monoisotopic (exact) mass is 614 g/mol. The van der Waals surface area contributed by atoms with E-state index in [-0.39, 0.29) is 31.1 Å². The normalized spacial score (nSPS) is 28.8. The number of pyridine rings is 1. The van der Waals surface area contributed by atoms with Gasteiger partial charge in [-0.15, -0.1) is 0 Å². The summed E-state index contributed by atoms with van der Waals surface area (Å²) >= 11 is 0. The first kappa shape index (κ1) is 33.4. The van der Waals surface area contributed by atoms with Crippen LogP contribution in [-0.2, 0) is 14.4 Å². The summed E-state index contributed by atoms with van der Waals surface area (Å²) in [6.45, 7) is 7.25. The van der Waals surface area contributed by atoms with Gasteiger partial charge in [-0.3, -0.25) is 29.7 Å². The summed E-state index contributed by atoms with van der Waals surface area (Å²) in [5.74, 6) is -4.52. The van der Waals surface area contributed by atoms with Crippen molar-refractivity contribution < 1.29 is 28.3 Å². The van der Waals surface area contributed by atoms with Gasteiger partial charge in [-0.2, -0.15) is 0 Å². The molecule has 0 aliphatic carbocycles. The molecule has 1 saturated heterocycles. The highest BCUT2D eigenvalue weighted by molar-refractivity contribution is 5.90. The van der Waals surface area contributed by atoms with Crippen molar-refractivity contribution in [2.24, 2.45) is 5.92 Å². The molecule has 3 heterocycles. The highest BCUT2D eigenvalue weighted by Crippen LogP contribution is 2.27. The molecule has 2 aliphatic heterocycles. The van der Waals surface area contributed by atoms with Crippen molar-refractivity contribution in [3.63, 3.8) is 0 Å². The molecule has 10 nitrogen and oxygen atoms in total. The predicted octanol–water partition coefficient (Wildman–Crippen LogP) is 3.57. The number of fused-ring (bicyclic) bond motifs is 4. The number of alkyl halides is 2. The Morgan fingerprint density at radius 3 is 2.48 bits per heavy atom. The molecule has 2 aliphatic rings. The van der Waals surface area contributed by atoms with Crippen molar-refractivity contribution in [3.05, 3.63) is 47.7 Å². The van der Waals surface area contributed by atoms with Crippen LogP contribution in [0.5, 0.6) is 0 Å². The van der Waals surface area contributed by atoms with Gasteiger partial charge in [-0.1, -0.05) is 44.2 Å². The van der Waals surface area contributed by atoms with Crippen molar-refractivity contribution in [3.8, 4) is 0 Å². The minimum atomic E-state index is -3.00. The summed E-state index contributed by atoms with van der Waals surface area (Å²) in [6, 6.07) is 6.53. The Balaban J connectivity index is 1.57. The quantitative estimate of drug-likeness (QED) is 0.332. The first-order chi connectivity index (χ1) is 20.8. The molecular formula is C32H44F2N6O4. The smallest absolute Gasteiger partial charge is 0.258 e. The molecular weight excluding hydrogens is 570 g/mol. The molecule has 0 saturated carbocycles. The van der Waals surface area contributed by atoms with Crippen LogP contribution >= 0.6 is 0 Å². The lowest BCUT2D eigenvalue weighted by Crippen LogP contribution is -2.62. The number of halogens is 2. The van der Waals surface area contributed by atoms with Gasteiger partial charge in [-0.25, -0.2) is 14.2 Å². The van der Waals surface area contributed by atoms with Crippen LogP contribution < -0.4 is 21.4 Å². The molecule has 1 aromatic carbocycles. The van der Waals surface area contributed by atoms with E-state index in [1.165, 1.54) is 5.01 Å². The van der Waals surface area contributed by atoms with Gasteiger partial charge in [0, 0.05) is 24.8 Å². The third kappa shape index (κ3) is 8.80. The Morgan fingerprint density at radius 1 is 1.00 bits per heavy atom. The second-order valence-corrected chi connectivity index (χ2v) is 12.2. The second-order valence-electron chi connectivity index (χ2n) is 12.2. The van der Waals surface area contributed by atoms with Crippen LogP contribution in [0.2, 0.25) is 0 Å². The number of aliphatic hydroxyl groups is 1. The number of aliphatic hydroxyl groups excluding tert-OH is 1. The van der Waals surface area contributed by atoms with Gasteiger partial charge < -0.3 is 15.7 Å². The summed E-state index contributed by atoms with van der Waals surface area (Å²) in [4.78, 5) is 44.3. The van der Waals surface area contributed by atoms with Crippen LogP contribution in [-0.4, -0.2) is 69.6 Å². The minimum absolute atomic E-state index is 0.139. The third-order valence-electron chi connectivity index (χ3n) is 8.13. The van der Waals surface area contributed by atoms with Crippen LogP contribution in [0.1, 0.15) is 83.5 Å². The molecule has 240 valence electrons. The zero-order valence-corrected chi connectivity index (χ0v) is 25.8. The van der Waals surface area contributed by atoms with Crippen molar-refractivity contribution in [1.82, 2.24) is 31.4 Å². The number of carbonyl (C=O) groups is 3. The lowest BCUT2D eigenvalue weighted by Gasteiger charge is -2.35. The fourth-order valence-electron chi connectivity index (χ4n) is 5.46. The average molecular weight is 615 g/mol. The lowest BCUT2D eigenvalue weighted by molar-refractivity contribution is -0.143. The van der Waals surface area contributed by atoms with Crippen LogP contribution in [0.3, 0.4) is 0 Å². The third-order valence-corrected chi connectivity index (χ3v) is 8.13. The van der Waals surface area contributed by atoms with Gasteiger partial charge in [0.2, 0.25) is 17.7 Å². The Kier molecular flexibility index (Phi) is 11.0. The summed E-state index contributed by atoms with van der Waals surface area (Å²) in [6.07, 6.45) is 2.20. The summed E-state index contributed by atoms with van der Waals surface area (Å²) in [7, 11) is 0. The summed E-state index contributed by atoms with van der Waals surface area (Å²) in [5, 5.41) is 21.2. The van der Waals surface area contributed by atoms with E-state index in [4.69, 9.17) is 4.98 Å². The first-order valence-corrected chi connectivity index (χ1v) is 15.4. The van der Waals surface area contributed by atoms with E-state index >= 15 is 0 Å². The number of aromatic nitrogens is 1. The van der Waals surface area contributed by atoms with Crippen LogP contribution in [0, 0.1) is 5.92 Å².